The lowest BCUT2D eigenvalue weighted by Crippen LogP contribution is -2.46. The molecule has 1 aliphatic rings. The van der Waals surface area contributed by atoms with Crippen molar-refractivity contribution < 1.29 is 24.2 Å². The third-order valence-electron chi connectivity index (χ3n) is 10.8. The monoisotopic (exact) mass is 722 g/mol. The van der Waals surface area contributed by atoms with Crippen LogP contribution in [0.1, 0.15) is 114 Å². The Kier molecular flexibility index (Phi) is 15.7. The second-order valence-electron chi connectivity index (χ2n) is 15.7. The summed E-state index contributed by atoms with van der Waals surface area (Å²) in [6, 6.07) is 23.1. The van der Waals surface area contributed by atoms with Crippen molar-refractivity contribution in [1.29, 1.82) is 0 Å². The Labute approximate surface area is 314 Å². The number of carbonyl (C=O) groups excluding carboxylic acids is 2. The summed E-state index contributed by atoms with van der Waals surface area (Å²) < 4.78 is 11.5. The normalized spacial score (nSPS) is 16.0. The number of hydrogen-bond acceptors (Lipinski definition) is 5. The minimum Gasteiger partial charge on any atom is -0.457 e. The van der Waals surface area contributed by atoms with Gasteiger partial charge < -0.3 is 14.6 Å². The molecule has 0 heterocycles. The quantitative estimate of drug-likeness (QED) is 0.0577. The van der Waals surface area contributed by atoms with Gasteiger partial charge in [-0.2, -0.15) is 0 Å². The van der Waals surface area contributed by atoms with Crippen LogP contribution in [0, 0.1) is 5.92 Å². The third kappa shape index (κ3) is 11.6. The van der Waals surface area contributed by atoms with Gasteiger partial charge in [-0.15, -0.1) is 0 Å². The van der Waals surface area contributed by atoms with Crippen LogP contribution in [-0.2, 0) is 32.3 Å². The van der Waals surface area contributed by atoms with Gasteiger partial charge >= 0.3 is 11.9 Å². The van der Waals surface area contributed by atoms with Crippen molar-refractivity contribution in [3.8, 4) is 22.3 Å². The molecule has 3 aromatic rings. The molecule has 0 bridgehead atoms. The van der Waals surface area contributed by atoms with E-state index in [0.29, 0.717) is 17.1 Å². The van der Waals surface area contributed by atoms with E-state index in [1.54, 1.807) is 13.8 Å². The summed E-state index contributed by atoms with van der Waals surface area (Å²) in [5.41, 5.74) is 8.40. The van der Waals surface area contributed by atoms with Gasteiger partial charge in [0.05, 0.1) is 8.07 Å². The van der Waals surface area contributed by atoms with Crippen LogP contribution in [0.3, 0.4) is 0 Å². The number of esters is 2. The second kappa shape index (κ2) is 19.9. The molecule has 5 nitrogen and oxygen atoms in total. The summed E-state index contributed by atoms with van der Waals surface area (Å²) in [5.74, 6) is 0.722. The number of ether oxygens (including phenoxy) is 2. The molecular formula is C46H62O5Si. The topological polar surface area (TPSA) is 72.8 Å². The highest BCUT2D eigenvalue weighted by atomic mass is 28.3. The van der Waals surface area contributed by atoms with Gasteiger partial charge in [0.2, 0.25) is 0 Å². The Bertz CT molecular complexity index is 1590. The Morgan fingerprint density at radius 1 is 0.712 bits per heavy atom. The smallest absolute Gasteiger partial charge is 0.333 e. The maximum absolute atomic E-state index is 12.6. The second-order valence-corrected chi connectivity index (χ2v) is 20.5. The summed E-state index contributed by atoms with van der Waals surface area (Å²) in [5, 5.41) is 10.5. The summed E-state index contributed by atoms with van der Waals surface area (Å²) >= 11 is 0. The summed E-state index contributed by atoms with van der Waals surface area (Å²) in [6.45, 7) is 18.1. The van der Waals surface area contributed by atoms with Crippen LogP contribution in [0.25, 0.3) is 22.3 Å². The van der Waals surface area contributed by atoms with E-state index in [1.165, 1.54) is 62.5 Å². The highest BCUT2D eigenvalue weighted by molar-refractivity contribution is 6.90. The lowest BCUT2D eigenvalue weighted by molar-refractivity contribution is -0.140. The van der Waals surface area contributed by atoms with Crippen LogP contribution in [0.5, 0.6) is 0 Å². The van der Waals surface area contributed by atoms with Crippen LogP contribution in [0.4, 0.5) is 0 Å². The van der Waals surface area contributed by atoms with Crippen LogP contribution in [0.2, 0.25) is 19.1 Å². The molecule has 3 aromatic carbocycles. The van der Waals surface area contributed by atoms with Crippen molar-refractivity contribution in [2.24, 2.45) is 5.92 Å². The molecule has 52 heavy (non-hydrogen) atoms. The molecular weight excluding hydrogens is 661 g/mol. The average molecular weight is 723 g/mol. The Hall–Kier alpha value is -3.74. The minimum absolute atomic E-state index is 0.105. The fourth-order valence-corrected chi connectivity index (χ4v) is 11.2. The van der Waals surface area contributed by atoms with E-state index in [-0.39, 0.29) is 19.8 Å². The molecule has 1 aliphatic carbocycles. The van der Waals surface area contributed by atoms with Crippen molar-refractivity contribution in [2.45, 2.75) is 130 Å². The average Bonchev–Trinajstić information content (AvgIpc) is 3.14. The van der Waals surface area contributed by atoms with E-state index in [9.17, 15) is 14.7 Å². The van der Waals surface area contributed by atoms with E-state index in [0.717, 1.165) is 64.2 Å². The first kappa shape index (κ1) is 41.0. The summed E-state index contributed by atoms with van der Waals surface area (Å²) in [4.78, 5) is 25.2. The van der Waals surface area contributed by atoms with Crippen molar-refractivity contribution in [3.05, 3.63) is 102 Å². The van der Waals surface area contributed by atoms with Gasteiger partial charge in [-0.05, 0) is 114 Å². The molecule has 6 heteroatoms. The zero-order chi connectivity index (χ0) is 37.7. The highest BCUT2D eigenvalue weighted by Gasteiger charge is 2.30. The van der Waals surface area contributed by atoms with Crippen LogP contribution >= 0.6 is 0 Å². The predicted octanol–water partition coefficient (Wildman–Crippen LogP) is 11.2. The van der Waals surface area contributed by atoms with E-state index >= 15 is 0 Å². The molecule has 280 valence electrons. The lowest BCUT2D eigenvalue weighted by Gasteiger charge is -2.30. The maximum atomic E-state index is 12.6. The minimum atomic E-state index is -2.13. The van der Waals surface area contributed by atoms with Crippen molar-refractivity contribution >= 4 is 25.2 Å². The lowest BCUT2D eigenvalue weighted by atomic mass is 9.77. The molecule has 4 rings (SSSR count). The molecule has 0 amide bonds. The molecule has 0 radical (unpaired) electrons. The standard InChI is InChI=1S/C46H62O5Si/c1-8-9-11-14-35-15-17-36(18-16-35)37-19-21-38(22-20-37)39-23-25-40(26-24-39)41-29-42(31-50-45(48)33(2)3)44(52(6,7)28-13-10-12-27-47)43(30-41)32-51-46(49)34(4)5/h19-26,29-30,35-36,47H,2,4,8-18,27-28,31-32H2,1,3,5-7H3. The highest BCUT2D eigenvalue weighted by Crippen LogP contribution is 2.38. The molecule has 0 aromatic heterocycles. The fourth-order valence-electron chi connectivity index (χ4n) is 7.82. The first-order chi connectivity index (χ1) is 24.9. The van der Waals surface area contributed by atoms with Crippen molar-refractivity contribution in [2.75, 3.05) is 6.61 Å². The van der Waals surface area contributed by atoms with Gasteiger partial charge in [0.25, 0.3) is 0 Å². The van der Waals surface area contributed by atoms with Crippen molar-refractivity contribution in [3.63, 3.8) is 0 Å². The van der Waals surface area contributed by atoms with Gasteiger partial charge in [-0.3, -0.25) is 0 Å². The summed E-state index contributed by atoms with van der Waals surface area (Å²) in [6.07, 6.45) is 13.5. The molecule has 0 spiro atoms. The van der Waals surface area contributed by atoms with Crippen LogP contribution in [-0.4, -0.2) is 31.7 Å². The Balaban J connectivity index is 1.61. The molecule has 0 aliphatic heterocycles. The number of hydrogen-bond donors (Lipinski definition) is 1. The Morgan fingerprint density at radius 3 is 1.69 bits per heavy atom. The van der Waals surface area contributed by atoms with Gasteiger partial charge in [0, 0.05) is 17.8 Å². The molecule has 0 saturated heterocycles. The molecule has 0 unspecified atom stereocenters. The van der Waals surface area contributed by atoms with Crippen LogP contribution < -0.4 is 5.19 Å². The number of benzene rings is 3. The van der Waals surface area contributed by atoms with Crippen molar-refractivity contribution in [1.82, 2.24) is 0 Å². The maximum Gasteiger partial charge on any atom is 0.333 e. The van der Waals surface area contributed by atoms with E-state index in [2.05, 4.69) is 93.8 Å². The number of aliphatic hydroxyl groups excluding tert-OH is 1. The molecule has 1 fully saturated rings. The zero-order valence-corrected chi connectivity index (χ0v) is 33.5. The molecule has 1 N–H and O–H groups in total. The Morgan fingerprint density at radius 2 is 1.21 bits per heavy atom. The van der Waals surface area contributed by atoms with E-state index in [1.807, 2.05) is 0 Å². The van der Waals surface area contributed by atoms with Crippen LogP contribution in [0.15, 0.2) is 85.0 Å². The number of aliphatic hydroxyl groups is 1. The first-order valence-corrected chi connectivity index (χ1v) is 22.8. The molecule has 0 atom stereocenters. The van der Waals surface area contributed by atoms with Gasteiger partial charge in [0.1, 0.15) is 13.2 Å². The zero-order valence-electron chi connectivity index (χ0n) is 32.5. The number of carbonyl (C=O) groups is 2. The number of unbranched alkanes of at least 4 members (excludes halogenated alkanes) is 4. The summed E-state index contributed by atoms with van der Waals surface area (Å²) in [7, 11) is -2.13. The van der Waals surface area contributed by atoms with Gasteiger partial charge in [-0.1, -0.05) is 126 Å². The molecule has 1 saturated carbocycles. The van der Waals surface area contributed by atoms with E-state index < -0.39 is 20.0 Å². The third-order valence-corrected chi connectivity index (χ3v) is 14.4. The SMILES string of the molecule is C=C(C)C(=O)OCc1cc(-c2ccc(-c3ccc(C4CCC(CCCCC)CC4)cc3)cc2)cc(COC(=O)C(=C)C)c1[Si](C)(C)CCCCCO. The van der Waals surface area contributed by atoms with Gasteiger partial charge in [0.15, 0.2) is 0 Å². The number of rotatable bonds is 19. The largest absolute Gasteiger partial charge is 0.457 e. The van der Waals surface area contributed by atoms with E-state index in [4.69, 9.17) is 9.47 Å². The fraction of sp³-hybridized carbons (Fsp3) is 0.478. The van der Waals surface area contributed by atoms with Gasteiger partial charge in [-0.25, -0.2) is 9.59 Å². The first-order valence-electron chi connectivity index (χ1n) is 19.6. The predicted molar refractivity (Wildman–Crippen MR) is 218 cm³/mol.